The summed E-state index contributed by atoms with van der Waals surface area (Å²) < 4.78 is 0. The van der Waals surface area contributed by atoms with Crippen molar-refractivity contribution in [2.75, 3.05) is 0 Å². The summed E-state index contributed by atoms with van der Waals surface area (Å²) in [6.45, 7) is 0. The summed E-state index contributed by atoms with van der Waals surface area (Å²) in [5.74, 6) is 0. The number of rotatable bonds is 3. The van der Waals surface area contributed by atoms with Gasteiger partial charge in [0.25, 0.3) is 0 Å². The van der Waals surface area contributed by atoms with Gasteiger partial charge in [0.2, 0.25) is 0 Å². The van der Waals surface area contributed by atoms with E-state index >= 15 is 0 Å². The monoisotopic (exact) mass is 340 g/mol. The molecule has 0 amide bonds. The first-order chi connectivity index (χ1) is 12.4. The molecule has 0 atom stereocenters. The maximum absolute atomic E-state index is 2.12. The molecule has 0 saturated carbocycles. The van der Waals surface area contributed by atoms with Gasteiger partial charge in [-0.3, -0.25) is 0 Å². The van der Waals surface area contributed by atoms with E-state index in [9.17, 15) is 0 Å². The second-order valence-electron chi connectivity index (χ2n) is 5.46. The smallest absolute Gasteiger partial charge is 0.0122 e. The molecule has 4 aromatic rings. The average molecular weight is 340 g/mol. The Kier molecular flexibility index (Phi) is 6.49. The van der Waals surface area contributed by atoms with E-state index in [0.717, 1.165) is 0 Å². The van der Waals surface area contributed by atoms with Crippen molar-refractivity contribution in [1.82, 2.24) is 0 Å². The van der Waals surface area contributed by atoms with E-state index < -0.39 is 0 Å². The van der Waals surface area contributed by atoms with Crippen molar-refractivity contribution >= 4 is 11.8 Å². The van der Waals surface area contributed by atoms with E-state index in [2.05, 4.69) is 97.1 Å². The van der Waals surface area contributed by atoms with Gasteiger partial charge in [-0.05, 0) is 35.4 Å². The molecule has 0 aliphatic carbocycles. The topological polar surface area (TPSA) is 0 Å². The third-order valence-corrected chi connectivity index (χ3v) is 4.62. The van der Waals surface area contributed by atoms with Crippen LogP contribution < -0.4 is 0 Å². The molecular formula is C24H20S. The van der Waals surface area contributed by atoms with Gasteiger partial charge in [-0.2, -0.15) is 0 Å². The van der Waals surface area contributed by atoms with Gasteiger partial charge in [0.15, 0.2) is 0 Å². The molecule has 1 heteroatoms. The molecule has 0 heterocycles. The first kappa shape index (κ1) is 17.1. The minimum Gasteiger partial charge on any atom is -0.0901 e. The number of hydrogen-bond acceptors (Lipinski definition) is 1. The van der Waals surface area contributed by atoms with Crippen LogP contribution in [0.3, 0.4) is 0 Å². The highest BCUT2D eigenvalue weighted by molar-refractivity contribution is 7.99. The number of hydrogen-bond donors (Lipinski definition) is 0. The van der Waals surface area contributed by atoms with E-state index in [1.807, 2.05) is 24.3 Å². The minimum absolute atomic E-state index is 1.28. The summed E-state index contributed by atoms with van der Waals surface area (Å²) in [7, 11) is 0. The van der Waals surface area contributed by atoms with Gasteiger partial charge in [0.1, 0.15) is 0 Å². The maximum atomic E-state index is 2.12. The van der Waals surface area contributed by atoms with E-state index in [-0.39, 0.29) is 0 Å². The molecule has 0 unspecified atom stereocenters. The lowest BCUT2D eigenvalue weighted by Gasteiger charge is -1.99. The predicted molar refractivity (Wildman–Crippen MR) is 109 cm³/mol. The first-order valence-corrected chi connectivity index (χ1v) is 9.12. The molecule has 0 aromatic heterocycles. The van der Waals surface area contributed by atoms with Crippen molar-refractivity contribution in [2.24, 2.45) is 0 Å². The lowest BCUT2D eigenvalue weighted by Crippen LogP contribution is -1.73. The lowest BCUT2D eigenvalue weighted by molar-refractivity contribution is 1.41. The predicted octanol–water partition coefficient (Wildman–Crippen LogP) is 7.19. The van der Waals surface area contributed by atoms with Crippen LogP contribution in [0.25, 0.3) is 11.1 Å². The standard InChI is InChI=1S/C12H10S.C12H10/c1-3-7-11(8-4-1)13-12-9-5-2-6-10-12;1-3-7-11(8-4-1)12-9-5-2-6-10-12/h1-10H;1-10H. The quantitative estimate of drug-likeness (QED) is 0.380. The Bertz CT molecular complexity index is 766. The Morgan fingerprint density at radius 3 is 0.920 bits per heavy atom. The fourth-order valence-corrected chi connectivity index (χ4v) is 3.23. The number of benzene rings is 4. The van der Waals surface area contributed by atoms with Gasteiger partial charge >= 0.3 is 0 Å². The summed E-state index contributed by atoms with van der Waals surface area (Å²) in [6.07, 6.45) is 0. The van der Waals surface area contributed by atoms with Crippen LogP contribution >= 0.6 is 11.8 Å². The second-order valence-corrected chi connectivity index (χ2v) is 6.61. The summed E-state index contributed by atoms with van der Waals surface area (Å²) in [6, 6.07) is 41.6. The van der Waals surface area contributed by atoms with Gasteiger partial charge in [-0.1, -0.05) is 109 Å². The Hall–Kier alpha value is -2.77. The van der Waals surface area contributed by atoms with Crippen LogP contribution in [0.5, 0.6) is 0 Å². The Morgan fingerprint density at radius 1 is 0.320 bits per heavy atom. The minimum atomic E-state index is 1.28. The highest BCUT2D eigenvalue weighted by Crippen LogP contribution is 2.26. The zero-order valence-electron chi connectivity index (χ0n) is 14.0. The molecule has 0 aliphatic rings. The molecule has 0 N–H and O–H groups in total. The molecule has 0 radical (unpaired) electrons. The molecule has 0 bridgehead atoms. The van der Waals surface area contributed by atoms with E-state index in [1.165, 1.54) is 20.9 Å². The van der Waals surface area contributed by atoms with Gasteiger partial charge in [-0.25, -0.2) is 0 Å². The summed E-state index contributed by atoms with van der Waals surface area (Å²) in [5.41, 5.74) is 2.55. The van der Waals surface area contributed by atoms with Crippen LogP contribution in [0.2, 0.25) is 0 Å². The van der Waals surface area contributed by atoms with Crippen molar-refractivity contribution in [3.05, 3.63) is 121 Å². The van der Waals surface area contributed by atoms with Crippen molar-refractivity contribution in [3.8, 4) is 11.1 Å². The maximum Gasteiger partial charge on any atom is 0.0122 e. The SMILES string of the molecule is c1ccc(-c2ccccc2)cc1.c1ccc(Sc2ccccc2)cc1. The van der Waals surface area contributed by atoms with Gasteiger partial charge in [-0.15, -0.1) is 0 Å². The van der Waals surface area contributed by atoms with Crippen LogP contribution in [0.15, 0.2) is 131 Å². The van der Waals surface area contributed by atoms with E-state index in [0.29, 0.717) is 0 Å². The average Bonchev–Trinajstić information content (AvgIpc) is 2.71. The zero-order chi connectivity index (χ0) is 17.2. The van der Waals surface area contributed by atoms with Crippen LogP contribution in [0, 0.1) is 0 Å². The van der Waals surface area contributed by atoms with E-state index in [1.54, 1.807) is 11.8 Å². The molecule has 25 heavy (non-hydrogen) atoms. The Morgan fingerprint density at radius 2 is 0.600 bits per heavy atom. The zero-order valence-corrected chi connectivity index (χ0v) is 14.8. The normalized spacial score (nSPS) is 9.76. The lowest BCUT2D eigenvalue weighted by atomic mass is 10.1. The Labute approximate surface area is 154 Å². The largest absolute Gasteiger partial charge is 0.0901 e. The fraction of sp³-hybridized carbons (Fsp3) is 0. The summed E-state index contributed by atoms with van der Waals surface area (Å²) in [5, 5.41) is 0. The molecule has 0 fully saturated rings. The molecular weight excluding hydrogens is 320 g/mol. The van der Waals surface area contributed by atoms with Crippen molar-refractivity contribution in [2.45, 2.75) is 9.79 Å². The van der Waals surface area contributed by atoms with Crippen LogP contribution in [-0.4, -0.2) is 0 Å². The van der Waals surface area contributed by atoms with E-state index in [4.69, 9.17) is 0 Å². The summed E-state index contributed by atoms with van der Waals surface area (Å²) >= 11 is 1.79. The molecule has 0 saturated heterocycles. The van der Waals surface area contributed by atoms with Crippen molar-refractivity contribution in [1.29, 1.82) is 0 Å². The molecule has 0 nitrogen and oxygen atoms in total. The van der Waals surface area contributed by atoms with Gasteiger partial charge in [0.05, 0.1) is 0 Å². The molecule has 4 aromatic carbocycles. The second kappa shape index (κ2) is 9.51. The summed E-state index contributed by atoms with van der Waals surface area (Å²) in [4.78, 5) is 2.57. The molecule has 0 aliphatic heterocycles. The van der Waals surface area contributed by atoms with Crippen molar-refractivity contribution < 1.29 is 0 Å². The molecule has 4 rings (SSSR count). The van der Waals surface area contributed by atoms with Gasteiger partial charge in [0, 0.05) is 9.79 Å². The van der Waals surface area contributed by atoms with Gasteiger partial charge < -0.3 is 0 Å². The fourth-order valence-electron chi connectivity index (χ4n) is 2.37. The highest BCUT2D eigenvalue weighted by atomic mass is 32.2. The third-order valence-electron chi connectivity index (χ3n) is 3.60. The highest BCUT2D eigenvalue weighted by Gasteiger charge is 1.93. The van der Waals surface area contributed by atoms with Crippen LogP contribution in [0.4, 0.5) is 0 Å². The Balaban J connectivity index is 0.000000146. The molecule has 0 spiro atoms. The first-order valence-electron chi connectivity index (χ1n) is 8.30. The van der Waals surface area contributed by atoms with Crippen molar-refractivity contribution in [3.63, 3.8) is 0 Å². The molecule has 122 valence electrons. The van der Waals surface area contributed by atoms with Crippen LogP contribution in [0.1, 0.15) is 0 Å². The van der Waals surface area contributed by atoms with Crippen LogP contribution in [-0.2, 0) is 0 Å². The third kappa shape index (κ3) is 5.66.